The summed E-state index contributed by atoms with van der Waals surface area (Å²) in [5.74, 6) is 7.57. The average Bonchev–Trinajstić information content (AvgIpc) is 1.63. The van der Waals surface area contributed by atoms with E-state index in [1.807, 2.05) is 0 Å². The molecule has 0 saturated heterocycles. The van der Waals surface area contributed by atoms with Gasteiger partial charge in [0.25, 0.3) is 0 Å². The summed E-state index contributed by atoms with van der Waals surface area (Å²) in [6.45, 7) is 17.5. The maximum atomic E-state index is 7.90. The van der Waals surface area contributed by atoms with E-state index in [-0.39, 0.29) is 63.0 Å². The van der Waals surface area contributed by atoms with Crippen molar-refractivity contribution in [1.29, 1.82) is 0 Å². The second kappa shape index (κ2) is 35.9. The first-order chi connectivity index (χ1) is 42.7. The Labute approximate surface area is 610 Å². The number of aromatic nitrogens is 8. The van der Waals surface area contributed by atoms with Crippen LogP contribution in [0.1, 0.15) is 158 Å². The fraction of sp³-hybridized carbons (Fsp3) is 0.500. The Bertz CT molecular complexity index is 3390. The molecule has 0 spiro atoms. The van der Waals surface area contributed by atoms with Gasteiger partial charge in [-0.1, -0.05) is 200 Å². The van der Waals surface area contributed by atoms with Gasteiger partial charge in [0.2, 0.25) is 0 Å². The molecule has 0 amide bonds. The van der Waals surface area contributed by atoms with E-state index in [1.165, 1.54) is 0 Å². The molecule has 5 heterocycles. The molecule has 0 atom stereocenters. The number of hydrogen-bond acceptors (Lipinski definition) is 14. The molecule has 2 aliphatic rings. The molecule has 1 radical (unpaired) electrons. The topological polar surface area (TPSA) is 106 Å². The van der Waals surface area contributed by atoms with E-state index in [4.69, 9.17) is 133 Å². The van der Waals surface area contributed by atoms with Crippen molar-refractivity contribution in [3.63, 3.8) is 0 Å². The smallest absolute Gasteiger partial charge is 0.357 e. The van der Waals surface area contributed by atoms with Gasteiger partial charge in [-0.2, -0.15) is 0 Å². The Morgan fingerprint density at radius 1 is 0.247 bits per heavy atom. The van der Waals surface area contributed by atoms with Crippen LogP contribution in [-0.2, 0) is 17.1 Å². The Morgan fingerprint density at radius 2 is 0.404 bits per heavy atom. The number of halogens is 8. The normalized spacial score (nSPS) is 12.0. The van der Waals surface area contributed by atoms with Crippen LogP contribution in [0.15, 0.2) is 39.2 Å². The zero-order valence-corrected chi connectivity index (χ0v) is 64.7. The molecule has 0 fully saturated rings. The molecule has 3 aromatic heterocycles. The molecule has 0 N–H and O–H groups in total. The Kier molecular flexibility index (Phi) is 30.1. The summed E-state index contributed by atoms with van der Waals surface area (Å²) in [7, 11) is 0. The minimum atomic E-state index is 0. The summed E-state index contributed by atoms with van der Waals surface area (Å²) >= 11 is 76.8. The van der Waals surface area contributed by atoms with Crippen LogP contribution in [-0.4, -0.2) is 75.9 Å². The van der Waals surface area contributed by atoms with Gasteiger partial charge in [-0.3, -0.25) is 0 Å². The van der Waals surface area contributed by atoms with Crippen molar-refractivity contribution in [2.24, 2.45) is 0 Å². The minimum absolute atomic E-state index is 0. The molecule has 8 bridgehead atoms. The second-order valence-electron chi connectivity index (χ2n) is 21.2. The fourth-order valence-electron chi connectivity index (χ4n) is 9.74. The molecule has 8 nitrogen and oxygen atoms in total. The van der Waals surface area contributed by atoms with E-state index in [1.54, 1.807) is 94.1 Å². The van der Waals surface area contributed by atoms with Gasteiger partial charge >= 0.3 is 17.1 Å². The molecule has 483 valence electrons. The molecule has 0 unspecified atom stereocenters. The monoisotopic (exact) mass is 1550 g/mol. The van der Waals surface area contributed by atoms with Crippen molar-refractivity contribution >= 4 is 231 Å². The third-order valence-electron chi connectivity index (χ3n) is 14.6. The third-order valence-corrected chi connectivity index (χ3v) is 28.6. The number of unbranched alkanes of at least 4 members (excludes halogenated alkanes) is 8. The molecule has 7 aromatic rings. The van der Waals surface area contributed by atoms with E-state index in [0.29, 0.717) is 84.0 Å². The van der Waals surface area contributed by atoms with Crippen molar-refractivity contribution < 1.29 is 17.1 Å². The Morgan fingerprint density at radius 3 is 0.562 bits per heavy atom. The van der Waals surface area contributed by atoms with Gasteiger partial charge in [-0.05, 0) is 97.4 Å². The fourth-order valence-corrected chi connectivity index (χ4v) is 23.9. The SMILES string of the molecule is CCCCSc1c(Cl)c2c(c(Cl)c1SCCCC)-c1nc-2nc2[n-]c(nc3nc(nc4[n-]c(n1)c1c(Cl)c(SCCCC)c(SCCCC)c(Cl)c41)-c1c(Cl)c(SCCCC)c(SCCCC)c(Cl)c1-3)c1c(Cl)c(SCCCC)c(SCCCC)c(Cl)c21.[Cu+2]. The number of nitrogens with zero attached hydrogens (tertiary/aromatic N) is 8. The summed E-state index contributed by atoms with van der Waals surface area (Å²) < 4.78 is 0. The van der Waals surface area contributed by atoms with Crippen LogP contribution in [0, 0.1) is 0 Å². The van der Waals surface area contributed by atoms with Crippen LogP contribution in [0.25, 0.3) is 89.7 Å². The van der Waals surface area contributed by atoms with Crippen LogP contribution >= 0.6 is 187 Å². The first kappa shape index (κ1) is 74.7. The number of fused-ring (bicyclic) bond motifs is 20. The largest absolute Gasteiger partial charge is 2.00 e. The molecule has 2 aliphatic heterocycles. The zero-order valence-electron chi connectivity index (χ0n) is 51.1. The molecular weight excluding hydrogens is 1480 g/mol. The van der Waals surface area contributed by atoms with Gasteiger partial charge in [-0.25, -0.2) is 9.97 Å². The van der Waals surface area contributed by atoms with Gasteiger partial charge in [-0.15, -0.1) is 94.1 Å². The van der Waals surface area contributed by atoms with E-state index >= 15 is 0 Å². The van der Waals surface area contributed by atoms with Crippen LogP contribution in [0.2, 0.25) is 40.2 Å². The van der Waals surface area contributed by atoms with Crippen molar-refractivity contribution in [2.45, 2.75) is 197 Å². The van der Waals surface area contributed by atoms with E-state index < -0.39 is 0 Å². The first-order valence-electron chi connectivity index (χ1n) is 30.7. The standard InChI is InChI=1S/C64H72Cl8N8S8.Cu/c1-9-17-25-81-49-41(65)33-34(42(66)50(49)82-26-18-10-2)58-73-57(33)77-59-35-36(44(68)52(84-28-20-12-4)51(43(35)67)83-27-19-11-3)61(74-59)79-63-39-40(48(72)56(88-32-24-16-8)55(47(39)71)87-31-23-15-7)64(76-63)80-62-38-37(60(75-62)78-58)45(69)53(85-29-21-13-5)54(46(38)70)86-30-22-14-6;/h9-32H2,1-8H3;/q-2;+2. The van der Waals surface area contributed by atoms with Crippen LogP contribution in [0.4, 0.5) is 0 Å². The first-order valence-corrected chi connectivity index (χ1v) is 41.6. The third kappa shape index (κ3) is 16.2. The predicted molar refractivity (Wildman–Crippen MR) is 399 cm³/mol. The van der Waals surface area contributed by atoms with Crippen LogP contribution < -0.4 is 9.97 Å². The van der Waals surface area contributed by atoms with E-state index in [0.717, 1.165) is 188 Å². The second-order valence-corrected chi connectivity index (χ2v) is 33.1. The number of thioether (sulfide) groups is 8. The quantitative estimate of drug-likeness (QED) is 0.0227. The Hall–Kier alpha value is -0.121. The summed E-state index contributed by atoms with van der Waals surface area (Å²) in [6, 6.07) is 0. The van der Waals surface area contributed by atoms with E-state index in [9.17, 15) is 0 Å². The maximum absolute atomic E-state index is 7.90. The number of benzene rings is 4. The Balaban J connectivity index is 0.0000102. The van der Waals surface area contributed by atoms with Gasteiger partial charge in [0.15, 0.2) is 0 Å². The van der Waals surface area contributed by atoms with Gasteiger partial charge in [0.1, 0.15) is 0 Å². The zero-order chi connectivity index (χ0) is 62.8. The molecule has 0 aliphatic carbocycles. The molecule has 89 heavy (non-hydrogen) atoms. The van der Waals surface area contributed by atoms with Gasteiger partial charge in [0.05, 0.1) is 63.5 Å². The van der Waals surface area contributed by atoms with E-state index in [2.05, 4.69) is 55.4 Å². The maximum Gasteiger partial charge on any atom is 2.00 e. The molecular formula is C64H72Cl8CuN8S8. The molecule has 9 rings (SSSR count). The summed E-state index contributed by atoms with van der Waals surface area (Å²) in [5, 5.41) is 5.77. The number of rotatable bonds is 32. The molecule has 0 saturated carbocycles. The predicted octanol–water partition coefficient (Wildman–Crippen LogP) is 26.5. The van der Waals surface area contributed by atoms with Gasteiger partial charge in [0, 0.05) is 106 Å². The van der Waals surface area contributed by atoms with Crippen molar-refractivity contribution in [3.05, 3.63) is 40.2 Å². The summed E-state index contributed by atoms with van der Waals surface area (Å²) in [4.78, 5) is 50.4. The molecule has 4 aromatic carbocycles. The van der Waals surface area contributed by atoms with Gasteiger partial charge < -0.3 is 29.9 Å². The minimum Gasteiger partial charge on any atom is -0.357 e. The van der Waals surface area contributed by atoms with Crippen LogP contribution in [0.5, 0.6) is 0 Å². The molecule has 25 heteroatoms. The average molecular weight is 1560 g/mol. The van der Waals surface area contributed by atoms with Crippen molar-refractivity contribution in [2.75, 3.05) is 46.0 Å². The van der Waals surface area contributed by atoms with Crippen LogP contribution in [0.3, 0.4) is 0 Å². The van der Waals surface area contributed by atoms with Crippen molar-refractivity contribution in [3.8, 4) is 45.6 Å². The van der Waals surface area contributed by atoms with Crippen molar-refractivity contribution in [1.82, 2.24) is 39.9 Å². The summed E-state index contributed by atoms with van der Waals surface area (Å²) in [5.41, 5.74) is 3.00. The summed E-state index contributed by atoms with van der Waals surface area (Å²) in [6.07, 6.45) is 15.9. The number of hydrogen-bond donors (Lipinski definition) is 0.